The maximum Gasteiger partial charge on any atom is 0.417 e. The Kier molecular flexibility index (Phi) is 9.34. The highest BCUT2D eigenvalue weighted by molar-refractivity contribution is 5.87. The van der Waals surface area contributed by atoms with Gasteiger partial charge in [0.1, 0.15) is 11.2 Å². The lowest BCUT2D eigenvalue weighted by atomic mass is 9.89. The molecule has 0 aliphatic carbocycles. The molecule has 0 radical (unpaired) electrons. The van der Waals surface area contributed by atoms with Crippen LogP contribution in [0.15, 0.2) is 24.3 Å². The van der Waals surface area contributed by atoms with E-state index in [1.807, 2.05) is 5.32 Å². The molecular formula is C23H36N2O6. The third-order valence-corrected chi connectivity index (χ3v) is 4.28. The Labute approximate surface area is 184 Å². The van der Waals surface area contributed by atoms with Crippen LogP contribution in [-0.4, -0.2) is 52.6 Å². The number of nitrogens with zero attached hydrogens (tertiary/aromatic N) is 1. The van der Waals surface area contributed by atoms with Crippen molar-refractivity contribution in [3.8, 4) is 0 Å². The molecule has 3 amide bonds. The van der Waals surface area contributed by atoms with E-state index in [0.29, 0.717) is 19.0 Å². The van der Waals surface area contributed by atoms with Crippen molar-refractivity contribution >= 4 is 18.3 Å². The highest BCUT2D eigenvalue weighted by Gasteiger charge is 2.23. The summed E-state index contributed by atoms with van der Waals surface area (Å²) in [6.45, 7) is 13.7. The third-order valence-electron chi connectivity index (χ3n) is 4.28. The van der Waals surface area contributed by atoms with Crippen LogP contribution in [0.1, 0.15) is 71.4 Å². The van der Waals surface area contributed by atoms with Gasteiger partial charge in [0.25, 0.3) is 0 Å². The van der Waals surface area contributed by atoms with E-state index >= 15 is 0 Å². The van der Waals surface area contributed by atoms with Gasteiger partial charge >= 0.3 is 18.3 Å². The highest BCUT2D eigenvalue weighted by atomic mass is 16.6. The van der Waals surface area contributed by atoms with Crippen LogP contribution < -0.4 is 5.32 Å². The molecule has 2 rings (SSSR count). The van der Waals surface area contributed by atoms with E-state index < -0.39 is 29.5 Å². The number of benzene rings is 1. The number of piperidine rings is 1. The van der Waals surface area contributed by atoms with Crippen molar-refractivity contribution in [2.45, 2.75) is 78.4 Å². The smallest absolute Gasteiger partial charge is 0.417 e. The molecular weight excluding hydrogens is 400 g/mol. The van der Waals surface area contributed by atoms with Gasteiger partial charge in [-0.3, -0.25) is 0 Å². The number of nitrogens with one attached hydrogen (secondary N) is 1. The normalized spacial score (nSPS) is 14.7. The van der Waals surface area contributed by atoms with Crippen LogP contribution in [-0.2, 0) is 9.47 Å². The number of carbonyl (C=O) groups is 3. The number of hydrogen-bond donors (Lipinski definition) is 2. The Bertz CT molecular complexity index is 730. The number of ether oxygens (including phenoxy) is 2. The maximum atomic E-state index is 11.1. The van der Waals surface area contributed by atoms with Gasteiger partial charge in [-0.25, -0.2) is 19.7 Å². The van der Waals surface area contributed by atoms with Crippen molar-refractivity contribution in [3.63, 3.8) is 0 Å². The Balaban J connectivity index is 0.000000311. The number of likely N-dealkylation sites (tertiary alicyclic amines) is 1. The lowest BCUT2D eigenvalue weighted by Crippen LogP contribution is -2.39. The van der Waals surface area contributed by atoms with Crippen molar-refractivity contribution in [1.29, 1.82) is 0 Å². The molecule has 0 saturated carbocycles. The summed E-state index contributed by atoms with van der Waals surface area (Å²) < 4.78 is 9.74. The first-order chi connectivity index (χ1) is 14.2. The first-order valence-corrected chi connectivity index (χ1v) is 10.4. The Morgan fingerprint density at radius 1 is 0.968 bits per heavy atom. The van der Waals surface area contributed by atoms with Gasteiger partial charge in [0, 0.05) is 13.1 Å². The molecule has 2 N–H and O–H groups in total. The topological polar surface area (TPSA) is 105 Å². The van der Waals surface area contributed by atoms with Gasteiger partial charge < -0.3 is 19.5 Å². The van der Waals surface area contributed by atoms with E-state index in [1.54, 1.807) is 41.5 Å². The standard InChI is InChI=1S/C13H17NO2.C10H19NO4/c1-10-3-2-4-12(9-10)11-5-7-14(8-6-11)13(15)16;1-9(2,3)14-7(12)11-8(13)15-10(4,5)6/h2-4,9,11H,5-8H2,1H3,(H,15,16);1-6H3,(H,11,12,13). The summed E-state index contributed by atoms with van der Waals surface area (Å²) in [5, 5.41) is 10.8. The van der Waals surface area contributed by atoms with Crippen molar-refractivity contribution in [3.05, 3.63) is 35.4 Å². The Morgan fingerprint density at radius 3 is 1.84 bits per heavy atom. The predicted molar refractivity (Wildman–Crippen MR) is 118 cm³/mol. The lowest BCUT2D eigenvalue weighted by molar-refractivity contribution is 0.0353. The number of imide groups is 1. The number of carboxylic acid groups (broad SMARTS) is 1. The van der Waals surface area contributed by atoms with Crippen LogP contribution in [0.5, 0.6) is 0 Å². The minimum Gasteiger partial charge on any atom is -0.465 e. The zero-order valence-electron chi connectivity index (χ0n) is 19.7. The zero-order valence-corrected chi connectivity index (χ0v) is 19.7. The maximum absolute atomic E-state index is 11.1. The fourth-order valence-electron chi connectivity index (χ4n) is 3.02. The molecule has 1 aromatic carbocycles. The van der Waals surface area contributed by atoms with Crippen LogP contribution in [0.25, 0.3) is 0 Å². The molecule has 8 nitrogen and oxygen atoms in total. The molecule has 0 spiro atoms. The summed E-state index contributed by atoms with van der Waals surface area (Å²) in [6.07, 6.45) is -0.526. The average molecular weight is 437 g/mol. The second-order valence-corrected chi connectivity index (χ2v) is 9.59. The molecule has 1 heterocycles. The summed E-state index contributed by atoms with van der Waals surface area (Å²) in [5.74, 6) is 0.524. The second-order valence-electron chi connectivity index (χ2n) is 9.59. The first kappa shape index (κ1) is 26.3. The van der Waals surface area contributed by atoms with Crippen LogP contribution in [0, 0.1) is 6.92 Å². The first-order valence-electron chi connectivity index (χ1n) is 10.4. The molecule has 174 valence electrons. The van der Waals surface area contributed by atoms with E-state index in [4.69, 9.17) is 14.6 Å². The monoisotopic (exact) mass is 436 g/mol. The van der Waals surface area contributed by atoms with Gasteiger partial charge in [-0.1, -0.05) is 29.8 Å². The molecule has 0 aromatic heterocycles. The van der Waals surface area contributed by atoms with Crippen molar-refractivity contribution in [1.82, 2.24) is 10.2 Å². The van der Waals surface area contributed by atoms with E-state index in [0.717, 1.165) is 12.8 Å². The molecule has 31 heavy (non-hydrogen) atoms. The predicted octanol–water partition coefficient (Wildman–Crippen LogP) is 5.30. The fourth-order valence-corrected chi connectivity index (χ4v) is 3.02. The van der Waals surface area contributed by atoms with Gasteiger partial charge in [-0.2, -0.15) is 0 Å². The quantitative estimate of drug-likeness (QED) is 0.619. The molecule has 1 saturated heterocycles. The number of alkyl carbamates (subject to hydrolysis) is 2. The van der Waals surface area contributed by atoms with Crippen LogP contribution in [0.2, 0.25) is 0 Å². The molecule has 0 bridgehead atoms. The van der Waals surface area contributed by atoms with E-state index in [2.05, 4.69) is 31.2 Å². The average Bonchev–Trinajstić information content (AvgIpc) is 2.59. The van der Waals surface area contributed by atoms with Gasteiger partial charge in [0.15, 0.2) is 0 Å². The molecule has 1 fully saturated rings. The zero-order chi connectivity index (χ0) is 23.8. The van der Waals surface area contributed by atoms with Crippen LogP contribution in [0.3, 0.4) is 0 Å². The number of hydrogen-bond acceptors (Lipinski definition) is 5. The Morgan fingerprint density at radius 2 is 1.45 bits per heavy atom. The third kappa shape index (κ3) is 11.3. The molecule has 1 aliphatic rings. The van der Waals surface area contributed by atoms with Crippen molar-refractivity contribution in [2.24, 2.45) is 0 Å². The van der Waals surface area contributed by atoms with E-state index in [-0.39, 0.29) is 0 Å². The molecule has 0 unspecified atom stereocenters. The molecule has 1 aromatic rings. The summed E-state index contributed by atoms with van der Waals surface area (Å²) >= 11 is 0. The van der Waals surface area contributed by atoms with E-state index in [1.165, 1.54) is 16.0 Å². The van der Waals surface area contributed by atoms with Crippen molar-refractivity contribution in [2.75, 3.05) is 13.1 Å². The summed E-state index contributed by atoms with van der Waals surface area (Å²) in [5.41, 5.74) is 1.36. The number of amides is 3. The summed E-state index contributed by atoms with van der Waals surface area (Å²) in [6, 6.07) is 8.53. The number of rotatable bonds is 1. The Hall–Kier alpha value is -2.77. The lowest BCUT2D eigenvalue weighted by Gasteiger charge is -2.30. The van der Waals surface area contributed by atoms with Gasteiger partial charge in [-0.15, -0.1) is 0 Å². The minimum atomic E-state index is -0.809. The molecule has 0 atom stereocenters. The number of aryl methyl sites for hydroxylation is 1. The number of carbonyl (C=O) groups excluding carboxylic acids is 2. The summed E-state index contributed by atoms with van der Waals surface area (Å²) in [4.78, 5) is 34.5. The largest absolute Gasteiger partial charge is 0.465 e. The highest BCUT2D eigenvalue weighted by Crippen LogP contribution is 2.28. The fraction of sp³-hybridized carbons (Fsp3) is 0.609. The van der Waals surface area contributed by atoms with Crippen LogP contribution >= 0.6 is 0 Å². The SMILES string of the molecule is CC(C)(C)OC(=O)NC(=O)OC(C)(C)C.Cc1cccc(C2CCN(C(=O)O)CC2)c1. The summed E-state index contributed by atoms with van der Waals surface area (Å²) in [7, 11) is 0. The van der Waals surface area contributed by atoms with E-state index in [9.17, 15) is 14.4 Å². The van der Waals surface area contributed by atoms with Gasteiger partial charge in [0.2, 0.25) is 0 Å². The van der Waals surface area contributed by atoms with Gasteiger partial charge in [-0.05, 0) is 72.8 Å². The second kappa shape index (κ2) is 11.0. The molecule has 1 aliphatic heterocycles. The van der Waals surface area contributed by atoms with Crippen molar-refractivity contribution < 1.29 is 29.0 Å². The van der Waals surface area contributed by atoms with Crippen LogP contribution in [0.4, 0.5) is 14.4 Å². The minimum absolute atomic E-state index is 0.524. The molecule has 8 heteroatoms. The van der Waals surface area contributed by atoms with Gasteiger partial charge in [0.05, 0.1) is 0 Å².